The maximum atomic E-state index is 12.0. The van der Waals surface area contributed by atoms with Crippen molar-refractivity contribution in [2.24, 2.45) is 5.41 Å². The molecule has 1 fully saturated rings. The molecule has 3 nitrogen and oxygen atoms in total. The van der Waals surface area contributed by atoms with Crippen LogP contribution in [0.4, 0.5) is 5.69 Å². The standard InChI is InChI=1S/C12H12ClNO2/c1-12(2)10(15)7-14(11(12)16)9-6-4-3-5-8(9)13/h3-6H,7H2,1-2H3. The number of benzene rings is 1. The zero-order chi connectivity index (χ0) is 11.9. The smallest absolute Gasteiger partial charge is 0.240 e. The second-order valence-electron chi connectivity index (χ2n) is 4.39. The summed E-state index contributed by atoms with van der Waals surface area (Å²) in [6, 6.07) is 7.04. The van der Waals surface area contributed by atoms with Crippen LogP contribution in [0.1, 0.15) is 13.8 Å². The van der Waals surface area contributed by atoms with Gasteiger partial charge in [-0.1, -0.05) is 23.7 Å². The number of hydrogen-bond acceptors (Lipinski definition) is 2. The van der Waals surface area contributed by atoms with Crippen molar-refractivity contribution in [1.29, 1.82) is 0 Å². The summed E-state index contributed by atoms with van der Waals surface area (Å²) in [7, 11) is 0. The molecule has 4 heteroatoms. The normalized spacial score (nSPS) is 19.3. The van der Waals surface area contributed by atoms with Gasteiger partial charge in [0.1, 0.15) is 5.41 Å². The first-order valence-corrected chi connectivity index (χ1v) is 5.42. The van der Waals surface area contributed by atoms with Crippen LogP contribution >= 0.6 is 11.6 Å². The molecule has 1 aromatic rings. The number of para-hydroxylation sites is 1. The van der Waals surface area contributed by atoms with Gasteiger partial charge in [0.15, 0.2) is 5.78 Å². The predicted octanol–water partition coefficient (Wildman–Crippen LogP) is 2.28. The van der Waals surface area contributed by atoms with Gasteiger partial charge in [-0.25, -0.2) is 0 Å². The molecule has 0 saturated carbocycles. The van der Waals surface area contributed by atoms with E-state index in [4.69, 9.17) is 11.6 Å². The summed E-state index contributed by atoms with van der Waals surface area (Å²) >= 11 is 6.01. The van der Waals surface area contributed by atoms with Crippen LogP contribution in [0.25, 0.3) is 0 Å². The fraction of sp³-hybridized carbons (Fsp3) is 0.333. The largest absolute Gasteiger partial charge is 0.303 e. The topological polar surface area (TPSA) is 37.4 Å². The van der Waals surface area contributed by atoms with Crippen molar-refractivity contribution >= 4 is 29.0 Å². The minimum absolute atomic E-state index is 0.0718. The van der Waals surface area contributed by atoms with E-state index in [1.54, 1.807) is 38.1 Å². The van der Waals surface area contributed by atoms with Gasteiger partial charge in [-0.3, -0.25) is 9.59 Å². The first-order valence-electron chi connectivity index (χ1n) is 5.04. The van der Waals surface area contributed by atoms with Crippen LogP contribution in [-0.2, 0) is 9.59 Å². The van der Waals surface area contributed by atoms with Crippen molar-refractivity contribution in [3.8, 4) is 0 Å². The molecule has 0 aliphatic carbocycles. The van der Waals surface area contributed by atoms with Crippen LogP contribution in [0.15, 0.2) is 24.3 Å². The number of rotatable bonds is 1. The molecular weight excluding hydrogens is 226 g/mol. The molecule has 0 N–H and O–H groups in total. The zero-order valence-corrected chi connectivity index (χ0v) is 9.91. The van der Waals surface area contributed by atoms with Crippen LogP contribution in [0.2, 0.25) is 5.02 Å². The van der Waals surface area contributed by atoms with E-state index in [-0.39, 0.29) is 18.2 Å². The highest BCUT2D eigenvalue weighted by atomic mass is 35.5. The van der Waals surface area contributed by atoms with Gasteiger partial charge in [-0.2, -0.15) is 0 Å². The lowest BCUT2D eigenvalue weighted by Crippen LogP contribution is -2.31. The molecule has 0 bridgehead atoms. The summed E-state index contributed by atoms with van der Waals surface area (Å²) in [5, 5.41) is 0.487. The van der Waals surface area contributed by atoms with Gasteiger partial charge < -0.3 is 4.90 Å². The van der Waals surface area contributed by atoms with E-state index in [9.17, 15) is 9.59 Å². The molecule has 0 atom stereocenters. The van der Waals surface area contributed by atoms with Crippen molar-refractivity contribution in [3.63, 3.8) is 0 Å². The van der Waals surface area contributed by atoms with Crippen LogP contribution < -0.4 is 4.90 Å². The van der Waals surface area contributed by atoms with Crippen LogP contribution in [0, 0.1) is 5.41 Å². The average Bonchev–Trinajstić information content (AvgIpc) is 2.43. The molecule has 1 aliphatic heterocycles. The number of hydrogen-bond donors (Lipinski definition) is 0. The van der Waals surface area contributed by atoms with E-state index < -0.39 is 5.41 Å². The predicted molar refractivity (Wildman–Crippen MR) is 62.6 cm³/mol. The van der Waals surface area contributed by atoms with Gasteiger partial charge in [0, 0.05) is 0 Å². The molecule has 1 saturated heterocycles. The Bertz CT molecular complexity index is 468. The second kappa shape index (κ2) is 3.59. The lowest BCUT2D eigenvalue weighted by Gasteiger charge is -2.19. The molecule has 0 aromatic heterocycles. The highest BCUT2D eigenvalue weighted by Gasteiger charge is 2.47. The third-order valence-corrected chi connectivity index (χ3v) is 3.24. The number of halogens is 1. The molecule has 84 valence electrons. The van der Waals surface area contributed by atoms with Crippen molar-refractivity contribution in [2.75, 3.05) is 11.4 Å². The molecule has 1 aromatic carbocycles. The van der Waals surface area contributed by atoms with Gasteiger partial charge in [-0.05, 0) is 26.0 Å². The Kier molecular flexibility index (Phi) is 2.50. The van der Waals surface area contributed by atoms with Crippen molar-refractivity contribution in [1.82, 2.24) is 0 Å². The van der Waals surface area contributed by atoms with E-state index in [0.29, 0.717) is 10.7 Å². The molecule has 1 aliphatic rings. The van der Waals surface area contributed by atoms with Gasteiger partial charge in [0.25, 0.3) is 0 Å². The molecular formula is C12H12ClNO2. The van der Waals surface area contributed by atoms with Crippen molar-refractivity contribution < 1.29 is 9.59 Å². The third-order valence-electron chi connectivity index (χ3n) is 2.92. The number of anilines is 1. The minimum atomic E-state index is -0.931. The molecule has 1 heterocycles. The summed E-state index contributed by atoms with van der Waals surface area (Å²) in [5.41, 5.74) is -0.327. The minimum Gasteiger partial charge on any atom is -0.303 e. The monoisotopic (exact) mass is 237 g/mol. The van der Waals surface area contributed by atoms with Crippen molar-refractivity contribution in [2.45, 2.75) is 13.8 Å². The van der Waals surface area contributed by atoms with E-state index in [0.717, 1.165) is 0 Å². The number of ketones is 1. The van der Waals surface area contributed by atoms with E-state index in [1.807, 2.05) is 0 Å². The number of amides is 1. The van der Waals surface area contributed by atoms with Gasteiger partial charge in [0.2, 0.25) is 5.91 Å². The summed E-state index contributed by atoms with van der Waals surface area (Å²) in [4.78, 5) is 25.2. The van der Waals surface area contributed by atoms with Gasteiger partial charge in [-0.15, -0.1) is 0 Å². The first-order chi connectivity index (χ1) is 7.44. The Morgan fingerprint density at radius 1 is 1.25 bits per heavy atom. The van der Waals surface area contributed by atoms with Crippen molar-refractivity contribution in [3.05, 3.63) is 29.3 Å². The van der Waals surface area contributed by atoms with Crippen LogP contribution in [-0.4, -0.2) is 18.2 Å². The fourth-order valence-electron chi connectivity index (χ4n) is 1.73. The molecule has 2 rings (SSSR count). The number of nitrogens with zero attached hydrogens (tertiary/aromatic N) is 1. The zero-order valence-electron chi connectivity index (χ0n) is 9.16. The fourth-order valence-corrected chi connectivity index (χ4v) is 1.97. The SMILES string of the molecule is CC1(C)C(=O)CN(c2ccccc2Cl)C1=O. The number of carbonyl (C=O) groups excluding carboxylic acids is 2. The number of carbonyl (C=O) groups is 2. The Labute approximate surface area is 99.0 Å². The van der Waals surface area contributed by atoms with E-state index >= 15 is 0 Å². The molecule has 0 unspecified atom stereocenters. The van der Waals surface area contributed by atoms with Gasteiger partial charge in [0.05, 0.1) is 17.3 Å². The van der Waals surface area contributed by atoms with E-state index in [1.165, 1.54) is 4.90 Å². The Hall–Kier alpha value is -1.35. The Morgan fingerprint density at radius 2 is 1.88 bits per heavy atom. The third kappa shape index (κ3) is 1.52. The lowest BCUT2D eigenvalue weighted by atomic mass is 9.91. The van der Waals surface area contributed by atoms with Crippen LogP contribution in [0.3, 0.4) is 0 Å². The summed E-state index contributed by atoms with van der Waals surface area (Å²) in [5.74, 6) is -0.261. The quantitative estimate of drug-likeness (QED) is 0.703. The number of Topliss-reactive ketones (excluding diaryl/α,β-unsaturated/α-hetero) is 1. The maximum absolute atomic E-state index is 12.0. The summed E-state index contributed by atoms with van der Waals surface area (Å²) < 4.78 is 0. The molecule has 16 heavy (non-hydrogen) atoms. The van der Waals surface area contributed by atoms with Crippen LogP contribution in [0.5, 0.6) is 0 Å². The molecule has 0 radical (unpaired) electrons. The van der Waals surface area contributed by atoms with Gasteiger partial charge >= 0.3 is 0 Å². The first kappa shape index (κ1) is 11.1. The summed E-state index contributed by atoms with van der Waals surface area (Å²) in [6.07, 6.45) is 0. The summed E-state index contributed by atoms with van der Waals surface area (Å²) in [6.45, 7) is 3.40. The molecule has 1 amide bonds. The highest BCUT2D eigenvalue weighted by molar-refractivity contribution is 6.34. The lowest BCUT2D eigenvalue weighted by molar-refractivity contribution is -0.132. The van der Waals surface area contributed by atoms with E-state index in [2.05, 4.69) is 0 Å². The highest BCUT2D eigenvalue weighted by Crippen LogP contribution is 2.34. The Balaban J connectivity index is 2.43. The molecule has 0 spiro atoms. The second-order valence-corrected chi connectivity index (χ2v) is 4.80. The Morgan fingerprint density at radius 3 is 2.38 bits per heavy atom. The average molecular weight is 238 g/mol. The maximum Gasteiger partial charge on any atom is 0.240 e.